The number of benzene rings is 1. The number of halogens is 1. The normalized spacial score (nSPS) is 13.0. The largest absolute Gasteiger partial charge is 0.352 e. The Labute approximate surface area is 125 Å². The van der Waals surface area contributed by atoms with E-state index in [0.717, 1.165) is 10.6 Å². The van der Waals surface area contributed by atoms with E-state index >= 15 is 0 Å². The number of carbonyl (C=O) groups excluding carboxylic acids is 1. The van der Waals surface area contributed by atoms with Gasteiger partial charge in [-0.25, -0.2) is 12.8 Å². The molecule has 1 aromatic rings. The fourth-order valence-electron chi connectivity index (χ4n) is 2.03. The molecule has 0 spiro atoms. The van der Waals surface area contributed by atoms with Crippen LogP contribution in [0.5, 0.6) is 0 Å². The summed E-state index contributed by atoms with van der Waals surface area (Å²) >= 11 is 0. The molecule has 0 aromatic heterocycles. The number of amides is 1. The molecular weight excluding hydrogens is 295 g/mol. The van der Waals surface area contributed by atoms with Crippen molar-refractivity contribution in [3.8, 4) is 0 Å². The summed E-state index contributed by atoms with van der Waals surface area (Å²) in [5.41, 5.74) is 0.268. The zero-order chi connectivity index (χ0) is 16.2. The molecule has 0 fully saturated rings. The summed E-state index contributed by atoms with van der Waals surface area (Å²) in [4.78, 5) is 12.2. The van der Waals surface area contributed by atoms with E-state index in [0.29, 0.717) is 6.42 Å². The van der Waals surface area contributed by atoms with Crippen LogP contribution in [0, 0.1) is 5.82 Å². The van der Waals surface area contributed by atoms with Crippen LogP contribution in [-0.4, -0.2) is 32.7 Å². The summed E-state index contributed by atoms with van der Waals surface area (Å²) in [6.07, 6.45) is 1.34. The fraction of sp³-hybridized carbons (Fsp3) is 0.500. The lowest BCUT2D eigenvalue weighted by Gasteiger charge is -2.30. The summed E-state index contributed by atoms with van der Waals surface area (Å²) in [7, 11) is -3.67. The predicted molar refractivity (Wildman–Crippen MR) is 81.1 cm³/mol. The number of hydrogen-bond donors (Lipinski definition) is 1. The molecule has 0 bridgehead atoms. The predicted octanol–water partition coefficient (Wildman–Crippen LogP) is 1.89. The zero-order valence-electron chi connectivity index (χ0n) is 12.6. The Bertz CT molecular complexity index is 585. The molecule has 118 valence electrons. The second-order valence-corrected chi connectivity index (χ2v) is 6.98. The maximum Gasteiger partial charge on any atom is 0.244 e. The van der Waals surface area contributed by atoms with Gasteiger partial charge in [0, 0.05) is 6.04 Å². The molecule has 1 rings (SSSR count). The molecule has 1 amide bonds. The van der Waals surface area contributed by atoms with Crippen LogP contribution in [0.1, 0.15) is 27.2 Å². The van der Waals surface area contributed by atoms with Gasteiger partial charge in [-0.1, -0.05) is 6.92 Å². The summed E-state index contributed by atoms with van der Waals surface area (Å²) in [5.74, 6) is -0.839. The maximum absolute atomic E-state index is 13.0. The van der Waals surface area contributed by atoms with Gasteiger partial charge in [0.2, 0.25) is 15.9 Å². The van der Waals surface area contributed by atoms with Gasteiger partial charge in [0.25, 0.3) is 0 Å². The van der Waals surface area contributed by atoms with Gasteiger partial charge in [-0.3, -0.25) is 9.10 Å². The minimum Gasteiger partial charge on any atom is -0.352 e. The van der Waals surface area contributed by atoms with E-state index in [1.165, 1.54) is 24.3 Å². The number of carbonyl (C=O) groups is 1. The van der Waals surface area contributed by atoms with Crippen molar-refractivity contribution in [2.24, 2.45) is 0 Å². The quantitative estimate of drug-likeness (QED) is 0.871. The molecule has 1 atom stereocenters. The molecule has 0 saturated heterocycles. The minimum absolute atomic E-state index is 0.0961. The lowest BCUT2D eigenvalue weighted by Crippen LogP contribution is -2.50. The molecule has 1 aromatic carbocycles. The van der Waals surface area contributed by atoms with Crippen molar-refractivity contribution in [2.75, 3.05) is 10.6 Å². The van der Waals surface area contributed by atoms with Crippen molar-refractivity contribution < 1.29 is 17.6 Å². The first-order valence-corrected chi connectivity index (χ1v) is 8.57. The monoisotopic (exact) mass is 316 g/mol. The second-order valence-electron chi connectivity index (χ2n) is 5.12. The van der Waals surface area contributed by atoms with Gasteiger partial charge in [0.05, 0.1) is 11.9 Å². The molecule has 0 aliphatic carbocycles. The Morgan fingerprint density at radius 1 is 1.29 bits per heavy atom. The van der Waals surface area contributed by atoms with Gasteiger partial charge in [-0.05, 0) is 44.5 Å². The van der Waals surface area contributed by atoms with Gasteiger partial charge >= 0.3 is 0 Å². The van der Waals surface area contributed by atoms with Crippen molar-refractivity contribution in [3.05, 3.63) is 30.1 Å². The topological polar surface area (TPSA) is 66.5 Å². The first-order valence-electron chi connectivity index (χ1n) is 6.72. The highest BCUT2D eigenvalue weighted by Crippen LogP contribution is 2.22. The highest BCUT2D eigenvalue weighted by atomic mass is 32.2. The summed E-state index contributed by atoms with van der Waals surface area (Å²) < 4.78 is 38.2. The molecule has 0 unspecified atom stereocenters. The molecule has 1 N–H and O–H groups in total. The zero-order valence-corrected chi connectivity index (χ0v) is 13.4. The third kappa shape index (κ3) is 4.70. The Morgan fingerprint density at radius 2 is 1.81 bits per heavy atom. The maximum atomic E-state index is 13.0. The van der Waals surface area contributed by atoms with Gasteiger partial charge in [-0.15, -0.1) is 0 Å². The third-order valence-corrected chi connectivity index (χ3v) is 4.02. The lowest BCUT2D eigenvalue weighted by molar-refractivity contribution is -0.122. The molecule has 0 saturated carbocycles. The van der Waals surface area contributed by atoms with Gasteiger partial charge in [-0.2, -0.15) is 0 Å². The standard InChI is InChI=1S/C14H21FN2O3S/c1-5-13(14(18)16-10(2)3)17(21(4,19)20)12-8-6-11(15)7-9-12/h6-10,13H,5H2,1-4H3,(H,16,18)/t13-/m0/s1. The molecule has 5 nitrogen and oxygen atoms in total. The third-order valence-electron chi connectivity index (χ3n) is 2.84. The average molecular weight is 316 g/mol. The van der Waals surface area contributed by atoms with E-state index in [4.69, 9.17) is 0 Å². The number of nitrogens with zero attached hydrogens (tertiary/aromatic N) is 1. The Balaban J connectivity index is 3.23. The van der Waals surface area contributed by atoms with Crippen molar-refractivity contribution in [2.45, 2.75) is 39.3 Å². The second kappa shape index (κ2) is 6.89. The van der Waals surface area contributed by atoms with Crippen molar-refractivity contribution in [3.63, 3.8) is 0 Å². The number of hydrogen-bond acceptors (Lipinski definition) is 3. The molecule has 21 heavy (non-hydrogen) atoms. The number of rotatable bonds is 6. The summed E-state index contributed by atoms with van der Waals surface area (Å²) in [5, 5.41) is 2.71. The van der Waals surface area contributed by atoms with Crippen LogP contribution in [-0.2, 0) is 14.8 Å². The highest BCUT2D eigenvalue weighted by molar-refractivity contribution is 7.92. The van der Waals surface area contributed by atoms with Crippen LogP contribution in [0.4, 0.5) is 10.1 Å². The van der Waals surface area contributed by atoms with Crippen LogP contribution in [0.25, 0.3) is 0 Å². The molecular formula is C14H21FN2O3S. The van der Waals surface area contributed by atoms with Gasteiger partial charge in [0.15, 0.2) is 0 Å². The smallest absolute Gasteiger partial charge is 0.244 e. The van der Waals surface area contributed by atoms with E-state index in [9.17, 15) is 17.6 Å². The van der Waals surface area contributed by atoms with Crippen molar-refractivity contribution in [1.82, 2.24) is 5.32 Å². The summed E-state index contributed by atoms with van der Waals surface area (Å²) in [6.45, 7) is 5.33. The number of nitrogens with one attached hydrogen (secondary N) is 1. The highest BCUT2D eigenvalue weighted by Gasteiger charge is 2.31. The van der Waals surface area contributed by atoms with E-state index < -0.39 is 21.9 Å². The van der Waals surface area contributed by atoms with Crippen LogP contribution in [0.2, 0.25) is 0 Å². The van der Waals surface area contributed by atoms with Crippen LogP contribution >= 0.6 is 0 Å². The first kappa shape index (κ1) is 17.4. The van der Waals surface area contributed by atoms with E-state index in [-0.39, 0.29) is 17.6 Å². The average Bonchev–Trinajstić information content (AvgIpc) is 2.34. The molecule has 0 heterocycles. The molecule has 7 heteroatoms. The minimum atomic E-state index is -3.67. The van der Waals surface area contributed by atoms with E-state index in [1.54, 1.807) is 20.8 Å². The Hall–Kier alpha value is -1.63. The van der Waals surface area contributed by atoms with Crippen molar-refractivity contribution >= 4 is 21.6 Å². The lowest BCUT2D eigenvalue weighted by atomic mass is 10.1. The SMILES string of the molecule is CC[C@@H](C(=O)NC(C)C)N(c1ccc(F)cc1)S(C)(=O)=O. The Kier molecular flexibility index (Phi) is 5.71. The Morgan fingerprint density at radius 3 is 2.19 bits per heavy atom. The van der Waals surface area contributed by atoms with Gasteiger partial charge < -0.3 is 5.32 Å². The van der Waals surface area contributed by atoms with Gasteiger partial charge in [0.1, 0.15) is 11.9 Å². The molecule has 0 radical (unpaired) electrons. The first-order chi connectivity index (χ1) is 9.66. The number of sulfonamides is 1. The molecule has 0 aliphatic rings. The molecule has 0 aliphatic heterocycles. The van der Waals surface area contributed by atoms with E-state index in [2.05, 4.69) is 5.32 Å². The van der Waals surface area contributed by atoms with Crippen LogP contribution < -0.4 is 9.62 Å². The van der Waals surface area contributed by atoms with Crippen LogP contribution in [0.15, 0.2) is 24.3 Å². The van der Waals surface area contributed by atoms with E-state index in [1.807, 2.05) is 0 Å². The van der Waals surface area contributed by atoms with Crippen LogP contribution in [0.3, 0.4) is 0 Å². The number of anilines is 1. The summed E-state index contributed by atoms with van der Waals surface area (Å²) in [6, 6.07) is 4.07. The van der Waals surface area contributed by atoms with Crippen molar-refractivity contribution in [1.29, 1.82) is 0 Å². The fourth-order valence-corrected chi connectivity index (χ4v) is 3.24.